The molecule has 10 heteroatoms. The first-order chi connectivity index (χ1) is 10.2. The lowest BCUT2D eigenvalue weighted by atomic mass is 10.2. The van der Waals surface area contributed by atoms with E-state index in [0.717, 1.165) is 12.1 Å². The number of nitrogens with one attached hydrogen (secondary N) is 1. The molecule has 1 saturated heterocycles. The molecule has 1 N–H and O–H groups in total. The summed E-state index contributed by atoms with van der Waals surface area (Å²) in [7, 11) is -3.75. The molecule has 1 aliphatic rings. The van der Waals surface area contributed by atoms with Crippen molar-refractivity contribution in [3.63, 3.8) is 0 Å². The Balaban J connectivity index is 0.00000264. The zero-order valence-electron chi connectivity index (χ0n) is 12.5. The van der Waals surface area contributed by atoms with Crippen LogP contribution in [0.3, 0.4) is 0 Å². The first-order valence-corrected chi connectivity index (χ1v) is 8.53. The average molecular weight is 391 g/mol. The minimum atomic E-state index is -3.75. The lowest BCUT2D eigenvalue weighted by molar-refractivity contribution is -0.0498. The average Bonchev–Trinajstić information content (AvgIpc) is 2.43. The van der Waals surface area contributed by atoms with Gasteiger partial charge in [-0.05, 0) is 32.0 Å². The summed E-state index contributed by atoms with van der Waals surface area (Å²) >= 11 is 5.83. The van der Waals surface area contributed by atoms with Gasteiger partial charge < -0.3 is 10.1 Å². The van der Waals surface area contributed by atoms with Gasteiger partial charge in [-0.25, -0.2) is 8.42 Å². The molecule has 1 aromatic rings. The van der Waals surface area contributed by atoms with Gasteiger partial charge in [0.1, 0.15) is 5.75 Å². The SMILES string of the molecule is CC1CN(S(=O)(=O)c2ccc(OC(F)F)c(Cl)c2)C(C)CN1.Cl. The number of halogens is 4. The molecule has 0 radical (unpaired) electrons. The van der Waals surface area contributed by atoms with Crippen LogP contribution in [0.5, 0.6) is 5.75 Å². The van der Waals surface area contributed by atoms with Gasteiger partial charge >= 0.3 is 6.61 Å². The highest BCUT2D eigenvalue weighted by atomic mass is 35.5. The van der Waals surface area contributed by atoms with Gasteiger partial charge in [0.25, 0.3) is 0 Å². The molecular weight excluding hydrogens is 373 g/mol. The molecule has 0 amide bonds. The van der Waals surface area contributed by atoms with Crippen molar-refractivity contribution < 1.29 is 21.9 Å². The van der Waals surface area contributed by atoms with E-state index in [1.54, 1.807) is 6.92 Å². The molecular formula is C13H18Cl2F2N2O3S. The Bertz CT molecular complexity index is 646. The molecule has 0 bridgehead atoms. The second-order valence-electron chi connectivity index (χ2n) is 5.20. The molecule has 0 spiro atoms. The fraction of sp³-hybridized carbons (Fsp3) is 0.538. The number of rotatable bonds is 4. The van der Waals surface area contributed by atoms with Gasteiger partial charge in [-0.3, -0.25) is 0 Å². The predicted octanol–water partition coefficient (Wildman–Crippen LogP) is 2.73. The summed E-state index contributed by atoms with van der Waals surface area (Å²) in [6, 6.07) is 3.31. The summed E-state index contributed by atoms with van der Waals surface area (Å²) in [6.45, 7) is 1.54. The largest absolute Gasteiger partial charge is 0.433 e. The Morgan fingerprint density at radius 3 is 2.61 bits per heavy atom. The summed E-state index contributed by atoms with van der Waals surface area (Å²) in [6.07, 6.45) is 0. The van der Waals surface area contributed by atoms with Crippen molar-refractivity contribution in [1.82, 2.24) is 9.62 Å². The molecule has 1 aromatic carbocycles. The maximum absolute atomic E-state index is 12.7. The normalized spacial score (nSPS) is 22.7. The minimum absolute atomic E-state index is 0. The zero-order chi connectivity index (χ0) is 16.5. The Morgan fingerprint density at radius 2 is 2.04 bits per heavy atom. The minimum Gasteiger partial charge on any atom is -0.433 e. The van der Waals surface area contributed by atoms with Gasteiger partial charge in [0.05, 0.1) is 9.92 Å². The number of piperazine rings is 1. The van der Waals surface area contributed by atoms with Crippen molar-refractivity contribution in [3.05, 3.63) is 23.2 Å². The van der Waals surface area contributed by atoms with E-state index in [2.05, 4.69) is 10.1 Å². The Morgan fingerprint density at radius 1 is 1.39 bits per heavy atom. The maximum Gasteiger partial charge on any atom is 0.387 e. The topological polar surface area (TPSA) is 58.6 Å². The molecule has 1 fully saturated rings. The summed E-state index contributed by atoms with van der Waals surface area (Å²) in [5, 5.41) is 3.02. The van der Waals surface area contributed by atoms with Crippen LogP contribution in [-0.2, 0) is 10.0 Å². The third kappa shape index (κ3) is 4.67. The monoisotopic (exact) mass is 390 g/mol. The van der Waals surface area contributed by atoms with E-state index in [4.69, 9.17) is 11.6 Å². The van der Waals surface area contributed by atoms with Gasteiger partial charge in [-0.1, -0.05) is 11.6 Å². The highest BCUT2D eigenvalue weighted by Crippen LogP contribution is 2.30. The van der Waals surface area contributed by atoms with Crippen LogP contribution in [0.25, 0.3) is 0 Å². The van der Waals surface area contributed by atoms with Crippen LogP contribution in [0.4, 0.5) is 8.78 Å². The van der Waals surface area contributed by atoms with Crippen LogP contribution in [0.1, 0.15) is 13.8 Å². The predicted molar refractivity (Wildman–Crippen MR) is 86.2 cm³/mol. The molecule has 2 rings (SSSR count). The van der Waals surface area contributed by atoms with Crippen LogP contribution in [0.15, 0.2) is 23.1 Å². The Labute approximate surface area is 145 Å². The second kappa shape index (κ2) is 7.94. The quantitative estimate of drug-likeness (QED) is 0.858. The Kier molecular flexibility index (Phi) is 7.03. The van der Waals surface area contributed by atoms with E-state index in [-0.39, 0.29) is 40.2 Å². The summed E-state index contributed by atoms with van der Waals surface area (Å²) in [5.74, 6) is -0.252. The van der Waals surface area contributed by atoms with Crippen LogP contribution in [0.2, 0.25) is 5.02 Å². The number of hydrogen-bond donors (Lipinski definition) is 1. The molecule has 1 aliphatic heterocycles. The van der Waals surface area contributed by atoms with Crippen molar-refractivity contribution in [3.8, 4) is 5.75 Å². The lowest BCUT2D eigenvalue weighted by Gasteiger charge is -2.36. The van der Waals surface area contributed by atoms with Crippen molar-refractivity contribution in [1.29, 1.82) is 0 Å². The molecule has 132 valence electrons. The third-order valence-electron chi connectivity index (χ3n) is 3.43. The van der Waals surface area contributed by atoms with Gasteiger partial charge in [-0.2, -0.15) is 13.1 Å². The molecule has 23 heavy (non-hydrogen) atoms. The van der Waals surface area contributed by atoms with Crippen molar-refractivity contribution >= 4 is 34.0 Å². The number of benzene rings is 1. The van der Waals surface area contributed by atoms with Gasteiger partial charge in [0.2, 0.25) is 10.0 Å². The van der Waals surface area contributed by atoms with E-state index < -0.39 is 16.6 Å². The number of hydrogen-bond acceptors (Lipinski definition) is 4. The van der Waals surface area contributed by atoms with Gasteiger partial charge in [0, 0.05) is 25.2 Å². The van der Waals surface area contributed by atoms with Gasteiger partial charge in [0.15, 0.2) is 0 Å². The van der Waals surface area contributed by atoms with Gasteiger partial charge in [-0.15, -0.1) is 12.4 Å². The number of alkyl halides is 2. The lowest BCUT2D eigenvalue weighted by Crippen LogP contribution is -2.56. The summed E-state index contributed by atoms with van der Waals surface area (Å²) < 4.78 is 55.4. The summed E-state index contributed by atoms with van der Waals surface area (Å²) in [4.78, 5) is -0.0416. The molecule has 2 unspecified atom stereocenters. The fourth-order valence-corrected chi connectivity index (χ4v) is 4.33. The smallest absolute Gasteiger partial charge is 0.387 e. The van der Waals surface area contributed by atoms with Crippen LogP contribution in [-0.4, -0.2) is 44.5 Å². The van der Waals surface area contributed by atoms with Crippen LogP contribution in [0, 0.1) is 0 Å². The molecule has 0 aliphatic carbocycles. The maximum atomic E-state index is 12.7. The fourth-order valence-electron chi connectivity index (χ4n) is 2.29. The second-order valence-corrected chi connectivity index (χ2v) is 7.50. The highest BCUT2D eigenvalue weighted by Gasteiger charge is 2.33. The van der Waals surface area contributed by atoms with Crippen molar-refractivity contribution in [2.45, 2.75) is 37.4 Å². The van der Waals surface area contributed by atoms with E-state index in [1.165, 1.54) is 10.4 Å². The van der Waals surface area contributed by atoms with E-state index in [1.807, 2.05) is 6.92 Å². The molecule has 1 heterocycles. The third-order valence-corrected chi connectivity index (χ3v) is 5.70. The number of sulfonamides is 1. The van der Waals surface area contributed by atoms with Crippen molar-refractivity contribution in [2.24, 2.45) is 0 Å². The molecule has 5 nitrogen and oxygen atoms in total. The molecule has 0 aromatic heterocycles. The zero-order valence-corrected chi connectivity index (χ0v) is 14.9. The molecule has 2 atom stereocenters. The first kappa shape index (κ1) is 20.4. The van der Waals surface area contributed by atoms with E-state index in [0.29, 0.717) is 13.1 Å². The van der Waals surface area contributed by atoms with E-state index >= 15 is 0 Å². The van der Waals surface area contributed by atoms with E-state index in [9.17, 15) is 17.2 Å². The number of nitrogens with zero attached hydrogens (tertiary/aromatic N) is 1. The summed E-state index contributed by atoms with van der Waals surface area (Å²) in [5.41, 5.74) is 0. The molecule has 0 saturated carbocycles. The highest BCUT2D eigenvalue weighted by molar-refractivity contribution is 7.89. The number of ether oxygens (including phenoxy) is 1. The van der Waals surface area contributed by atoms with Crippen molar-refractivity contribution in [2.75, 3.05) is 13.1 Å². The Hall–Kier alpha value is -0.670. The standard InChI is InChI=1S/C13H17ClF2N2O3S.ClH/c1-8-7-18(9(2)6-17-8)22(19,20)10-3-4-12(11(14)5-10)21-13(15)16;/h3-5,8-9,13,17H,6-7H2,1-2H3;1H. The first-order valence-electron chi connectivity index (χ1n) is 6.71. The van der Waals surface area contributed by atoms with Crippen LogP contribution >= 0.6 is 24.0 Å². The van der Waals surface area contributed by atoms with Crippen LogP contribution < -0.4 is 10.1 Å².